The van der Waals surface area contributed by atoms with Crippen molar-refractivity contribution in [2.24, 2.45) is 16.8 Å². The first-order valence-electron chi connectivity index (χ1n) is 5.96. The van der Waals surface area contributed by atoms with Crippen molar-refractivity contribution in [1.29, 1.82) is 0 Å². The number of hydrogen-bond donors (Lipinski definition) is 3. The fraction of sp³-hybridized carbons (Fsp3) is 0.500. The van der Waals surface area contributed by atoms with Crippen LogP contribution in [-0.2, 0) is 0 Å². The van der Waals surface area contributed by atoms with Crippen molar-refractivity contribution in [3.63, 3.8) is 0 Å². The largest absolute Gasteiger partial charge is 0.459 e. The molecule has 1 aliphatic rings. The topological polar surface area (TPSA) is 101 Å². The summed E-state index contributed by atoms with van der Waals surface area (Å²) in [5, 5.41) is 14.6. The van der Waals surface area contributed by atoms with E-state index in [9.17, 15) is 4.79 Å². The van der Waals surface area contributed by atoms with Gasteiger partial charge < -0.3 is 20.7 Å². The van der Waals surface area contributed by atoms with Gasteiger partial charge in [0.25, 0.3) is 5.91 Å². The first kappa shape index (κ1) is 12.5. The molecule has 0 bridgehead atoms. The van der Waals surface area contributed by atoms with Crippen molar-refractivity contribution < 1.29 is 14.4 Å². The highest BCUT2D eigenvalue weighted by Gasteiger charge is 2.32. The zero-order valence-corrected chi connectivity index (χ0v) is 10.2. The van der Waals surface area contributed by atoms with Crippen LogP contribution in [0, 0.1) is 12.8 Å². The summed E-state index contributed by atoms with van der Waals surface area (Å²) in [6.45, 7) is 1.81. The molecule has 6 heteroatoms. The molecule has 2 rings (SSSR count). The molecule has 0 radical (unpaired) electrons. The number of furan rings is 1. The molecule has 1 saturated carbocycles. The molecule has 98 valence electrons. The molecule has 1 amide bonds. The van der Waals surface area contributed by atoms with Crippen molar-refractivity contribution in [3.05, 3.63) is 23.7 Å². The Bertz CT molecular complexity index is 467. The van der Waals surface area contributed by atoms with Crippen molar-refractivity contribution in [2.45, 2.75) is 32.2 Å². The molecule has 1 aromatic heterocycles. The summed E-state index contributed by atoms with van der Waals surface area (Å²) in [5.41, 5.74) is 6.42. The van der Waals surface area contributed by atoms with Crippen molar-refractivity contribution in [1.82, 2.24) is 5.32 Å². The van der Waals surface area contributed by atoms with Gasteiger partial charge in [0, 0.05) is 17.5 Å². The van der Waals surface area contributed by atoms with Crippen LogP contribution in [0.2, 0.25) is 0 Å². The van der Waals surface area contributed by atoms with Crippen LogP contribution in [0.3, 0.4) is 0 Å². The lowest BCUT2D eigenvalue weighted by Crippen LogP contribution is -2.42. The first-order valence-corrected chi connectivity index (χ1v) is 5.96. The van der Waals surface area contributed by atoms with Gasteiger partial charge in [0.05, 0.1) is 6.26 Å². The molecule has 0 aliphatic heterocycles. The molecule has 1 heterocycles. The van der Waals surface area contributed by atoms with Crippen LogP contribution >= 0.6 is 0 Å². The number of nitrogens with zero attached hydrogens (tertiary/aromatic N) is 1. The van der Waals surface area contributed by atoms with Crippen LogP contribution in [0.1, 0.15) is 35.4 Å². The number of nitrogens with two attached hydrogens (primary N) is 1. The van der Waals surface area contributed by atoms with Crippen LogP contribution in [0.4, 0.5) is 0 Å². The summed E-state index contributed by atoms with van der Waals surface area (Å²) in [4.78, 5) is 12.0. The number of nitrogens with one attached hydrogen (secondary N) is 1. The van der Waals surface area contributed by atoms with E-state index in [1.54, 1.807) is 6.07 Å². The number of carbonyl (C=O) groups is 1. The summed E-state index contributed by atoms with van der Waals surface area (Å²) < 4.78 is 5.14. The van der Waals surface area contributed by atoms with E-state index in [1.165, 1.54) is 6.26 Å². The number of hydrogen-bond acceptors (Lipinski definition) is 4. The molecule has 1 aliphatic carbocycles. The molecule has 0 saturated heterocycles. The number of carbonyl (C=O) groups excluding carboxylic acids is 1. The van der Waals surface area contributed by atoms with Gasteiger partial charge in [-0.25, -0.2) is 0 Å². The second kappa shape index (κ2) is 5.12. The van der Waals surface area contributed by atoms with Gasteiger partial charge in [-0.3, -0.25) is 4.79 Å². The second-order valence-corrected chi connectivity index (χ2v) is 4.57. The Morgan fingerprint density at radius 1 is 1.61 bits per heavy atom. The summed E-state index contributed by atoms with van der Waals surface area (Å²) in [6, 6.07) is 1.64. The van der Waals surface area contributed by atoms with Crippen molar-refractivity contribution in [2.75, 3.05) is 0 Å². The van der Waals surface area contributed by atoms with Crippen LogP contribution in [-0.4, -0.2) is 23.0 Å². The Balaban J connectivity index is 2.05. The van der Waals surface area contributed by atoms with E-state index in [2.05, 4.69) is 10.5 Å². The molecule has 4 N–H and O–H groups in total. The normalized spacial score (nSPS) is 24.2. The quantitative estimate of drug-likeness (QED) is 0.325. The Morgan fingerprint density at radius 2 is 2.39 bits per heavy atom. The van der Waals surface area contributed by atoms with Gasteiger partial charge >= 0.3 is 0 Å². The van der Waals surface area contributed by atoms with Crippen LogP contribution in [0.15, 0.2) is 21.9 Å². The number of amidine groups is 1. The standard InChI is InChI=1S/C12H17N3O3/c1-7-5-6-18-10(7)12(16)14-9-4-2-3-8(9)11(13)15-17/h5-6,8-9,17H,2-4H2,1H3,(H2,13,15)(H,14,16). The zero-order valence-electron chi connectivity index (χ0n) is 10.2. The van der Waals surface area contributed by atoms with E-state index in [0.29, 0.717) is 5.76 Å². The number of aryl methyl sites for hydroxylation is 1. The average Bonchev–Trinajstić information content (AvgIpc) is 2.97. The molecule has 2 atom stereocenters. The number of rotatable bonds is 3. The third-order valence-corrected chi connectivity index (χ3v) is 3.40. The zero-order chi connectivity index (χ0) is 13.1. The van der Waals surface area contributed by atoms with E-state index in [0.717, 1.165) is 24.8 Å². The highest BCUT2D eigenvalue weighted by Crippen LogP contribution is 2.26. The third-order valence-electron chi connectivity index (χ3n) is 3.40. The average molecular weight is 251 g/mol. The maximum Gasteiger partial charge on any atom is 0.287 e. The minimum absolute atomic E-state index is 0.0992. The Labute approximate surface area is 105 Å². The summed E-state index contributed by atoms with van der Waals surface area (Å²) >= 11 is 0. The molecule has 0 aromatic carbocycles. The predicted octanol–water partition coefficient (Wildman–Crippen LogP) is 1.23. The molecule has 1 aromatic rings. The predicted molar refractivity (Wildman–Crippen MR) is 65.4 cm³/mol. The summed E-state index contributed by atoms with van der Waals surface area (Å²) in [6.07, 6.45) is 4.08. The first-order chi connectivity index (χ1) is 8.63. The van der Waals surface area contributed by atoms with Gasteiger partial charge in [0.1, 0.15) is 5.84 Å². The molecule has 1 fully saturated rings. The smallest absolute Gasteiger partial charge is 0.287 e. The van der Waals surface area contributed by atoms with Crippen molar-refractivity contribution >= 4 is 11.7 Å². The molecule has 6 nitrogen and oxygen atoms in total. The van der Waals surface area contributed by atoms with Gasteiger partial charge in [-0.2, -0.15) is 0 Å². The Morgan fingerprint density at radius 3 is 3.00 bits per heavy atom. The SMILES string of the molecule is Cc1ccoc1C(=O)NC1CCCC1C(N)=NO. The molecular formula is C12H17N3O3. The fourth-order valence-electron chi connectivity index (χ4n) is 2.40. The van der Waals surface area contributed by atoms with Gasteiger partial charge in [0.2, 0.25) is 0 Å². The van der Waals surface area contributed by atoms with Gasteiger partial charge in [-0.15, -0.1) is 0 Å². The lowest BCUT2D eigenvalue weighted by atomic mass is 10.0. The molecule has 2 unspecified atom stereocenters. The van der Waals surface area contributed by atoms with Gasteiger partial charge in [-0.1, -0.05) is 11.6 Å². The van der Waals surface area contributed by atoms with E-state index in [1.807, 2.05) is 6.92 Å². The molecule has 0 spiro atoms. The van der Waals surface area contributed by atoms with Gasteiger partial charge in [-0.05, 0) is 25.8 Å². The maximum atomic E-state index is 12.0. The summed E-state index contributed by atoms with van der Waals surface area (Å²) in [5.74, 6) is 0.142. The van der Waals surface area contributed by atoms with E-state index in [4.69, 9.17) is 15.4 Å². The monoisotopic (exact) mass is 251 g/mol. The van der Waals surface area contributed by atoms with Crippen molar-refractivity contribution in [3.8, 4) is 0 Å². The van der Waals surface area contributed by atoms with E-state index in [-0.39, 0.29) is 23.7 Å². The van der Waals surface area contributed by atoms with Crippen LogP contribution in [0.25, 0.3) is 0 Å². The molecular weight excluding hydrogens is 234 g/mol. The van der Waals surface area contributed by atoms with Crippen LogP contribution in [0.5, 0.6) is 0 Å². The summed E-state index contributed by atoms with van der Waals surface area (Å²) in [7, 11) is 0. The fourth-order valence-corrected chi connectivity index (χ4v) is 2.40. The Hall–Kier alpha value is -1.98. The van der Waals surface area contributed by atoms with E-state index >= 15 is 0 Å². The number of amides is 1. The second-order valence-electron chi connectivity index (χ2n) is 4.57. The highest BCUT2D eigenvalue weighted by atomic mass is 16.4. The van der Waals surface area contributed by atoms with E-state index < -0.39 is 0 Å². The lowest BCUT2D eigenvalue weighted by molar-refractivity contribution is 0.0904. The highest BCUT2D eigenvalue weighted by molar-refractivity contribution is 5.93. The lowest BCUT2D eigenvalue weighted by Gasteiger charge is -2.19. The number of oxime groups is 1. The third kappa shape index (κ3) is 2.32. The maximum absolute atomic E-state index is 12.0. The minimum Gasteiger partial charge on any atom is -0.459 e. The van der Waals surface area contributed by atoms with Gasteiger partial charge in [0.15, 0.2) is 5.76 Å². The minimum atomic E-state index is -0.250. The van der Waals surface area contributed by atoms with Crippen LogP contribution < -0.4 is 11.1 Å². The Kier molecular flexibility index (Phi) is 3.55. The molecule has 18 heavy (non-hydrogen) atoms.